The van der Waals surface area contributed by atoms with E-state index in [2.05, 4.69) is 44.9 Å². The summed E-state index contributed by atoms with van der Waals surface area (Å²) in [5, 5.41) is 2.32. The summed E-state index contributed by atoms with van der Waals surface area (Å²) in [5.41, 5.74) is 5.30. The van der Waals surface area contributed by atoms with Gasteiger partial charge in [-0.25, -0.2) is 9.37 Å². The van der Waals surface area contributed by atoms with E-state index in [4.69, 9.17) is 0 Å². The maximum Gasteiger partial charge on any atom is 0.255 e. The highest BCUT2D eigenvalue weighted by Gasteiger charge is 2.41. The van der Waals surface area contributed by atoms with Crippen molar-refractivity contribution in [3.63, 3.8) is 0 Å². The van der Waals surface area contributed by atoms with Crippen molar-refractivity contribution < 1.29 is 18.8 Å². The number of piperidine rings is 2. The molecule has 9 heteroatoms. The summed E-state index contributed by atoms with van der Waals surface area (Å²) in [6.45, 7) is 4.84. The number of amides is 3. The summed E-state index contributed by atoms with van der Waals surface area (Å²) in [7, 11) is 0. The van der Waals surface area contributed by atoms with Gasteiger partial charge < -0.3 is 9.30 Å². The topological polar surface area (TPSA) is 87.0 Å². The van der Waals surface area contributed by atoms with E-state index in [1.807, 2.05) is 6.20 Å². The summed E-state index contributed by atoms with van der Waals surface area (Å²) in [6, 6.07) is 6.30. The van der Waals surface area contributed by atoms with E-state index in [1.165, 1.54) is 16.5 Å². The van der Waals surface area contributed by atoms with Crippen molar-refractivity contribution in [2.75, 3.05) is 13.1 Å². The third-order valence-electron chi connectivity index (χ3n) is 7.81. The van der Waals surface area contributed by atoms with Gasteiger partial charge in [-0.1, -0.05) is 0 Å². The van der Waals surface area contributed by atoms with Crippen molar-refractivity contribution >= 4 is 23.4 Å². The van der Waals surface area contributed by atoms with Crippen LogP contribution >= 0.6 is 0 Å². The number of carbonyl (C=O) groups excluding carboxylic acids is 3. The Labute approximate surface area is 208 Å². The molecule has 8 nitrogen and oxygen atoms in total. The second-order valence-electron chi connectivity index (χ2n) is 10.2. The molecular weight excluding hydrogens is 461 g/mol. The monoisotopic (exact) mass is 489 g/mol. The van der Waals surface area contributed by atoms with Gasteiger partial charge in [0, 0.05) is 31.3 Å². The molecule has 3 amide bonds. The van der Waals surface area contributed by atoms with E-state index < -0.39 is 17.8 Å². The Morgan fingerprint density at radius 1 is 1.11 bits per heavy atom. The molecule has 1 N–H and O–H groups in total. The van der Waals surface area contributed by atoms with Crippen molar-refractivity contribution in [3.8, 4) is 0 Å². The van der Waals surface area contributed by atoms with Crippen LogP contribution in [0.4, 0.5) is 4.39 Å². The average Bonchev–Trinajstić information content (AvgIpc) is 3.39. The molecule has 2 aromatic heterocycles. The number of fused-ring (bicyclic) bond motifs is 2. The van der Waals surface area contributed by atoms with Gasteiger partial charge in [0.05, 0.1) is 11.9 Å². The quantitative estimate of drug-likeness (QED) is 0.570. The van der Waals surface area contributed by atoms with Crippen molar-refractivity contribution in [1.29, 1.82) is 0 Å². The van der Waals surface area contributed by atoms with Gasteiger partial charge in [0.1, 0.15) is 17.5 Å². The third-order valence-corrected chi connectivity index (χ3v) is 7.81. The lowest BCUT2D eigenvalue weighted by molar-refractivity contribution is -0.136. The van der Waals surface area contributed by atoms with E-state index in [-0.39, 0.29) is 30.7 Å². The highest BCUT2D eigenvalue weighted by atomic mass is 19.1. The standard InChI is InChI=1S/C27H28FN5O3/c1-16-4-9-32-19(13-29-24(32)10-16)14-31-7-5-17(6-8-31)20-11-18(28)12-21-22(20)15-33(27(21)36)23-2-3-25(34)30-26(23)35/h4,9-13,17,23H,2-3,5-8,14-15H2,1H3,(H,30,34,35). The van der Waals surface area contributed by atoms with Crippen LogP contribution in [0.1, 0.15) is 64.3 Å². The molecule has 5 heterocycles. The van der Waals surface area contributed by atoms with Gasteiger partial charge in [0.15, 0.2) is 0 Å². The van der Waals surface area contributed by atoms with E-state index >= 15 is 0 Å². The van der Waals surface area contributed by atoms with Gasteiger partial charge in [-0.15, -0.1) is 0 Å². The van der Waals surface area contributed by atoms with Crippen LogP contribution in [0.2, 0.25) is 0 Å². The van der Waals surface area contributed by atoms with Gasteiger partial charge in [0.2, 0.25) is 11.8 Å². The average molecular weight is 490 g/mol. The van der Waals surface area contributed by atoms with Crippen LogP contribution in [0.3, 0.4) is 0 Å². The van der Waals surface area contributed by atoms with Gasteiger partial charge in [0.25, 0.3) is 5.91 Å². The molecule has 0 spiro atoms. The number of imidazole rings is 1. The number of pyridine rings is 1. The fourth-order valence-corrected chi connectivity index (χ4v) is 5.90. The SMILES string of the molecule is Cc1ccn2c(CN3CCC(c4cc(F)cc5c4CN(C4CCC(=O)NC4=O)C5=O)CC3)cnc2c1. The molecule has 0 aliphatic carbocycles. The molecule has 1 unspecified atom stereocenters. The molecule has 1 aromatic carbocycles. The number of imide groups is 1. The van der Waals surface area contributed by atoms with Gasteiger partial charge in [-0.05, 0) is 86.1 Å². The minimum atomic E-state index is -0.699. The smallest absolute Gasteiger partial charge is 0.255 e. The van der Waals surface area contributed by atoms with Gasteiger partial charge >= 0.3 is 0 Å². The second kappa shape index (κ2) is 8.81. The second-order valence-corrected chi connectivity index (χ2v) is 10.2. The predicted molar refractivity (Wildman–Crippen MR) is 130 cm³/mol. The number of aromatic nitrogens is 2. The van der Waals surface area contributed by atoms with Gasteiger partial charge in [-0.2, -0.15) is 0 Å². The van der Waals surface area contributed by atoms with Crippen LogP contribution in [0.25, 0.3) is 5.65 Å². The largest absolute Gasteiger partial charge is 0.322 e. The number of halogens is 1. The molecule has 6 rings (SSSR count). The lowest BCUT2D eigenvalue weighted by Crippen LogP contribution is -2.52. The number of hydrogen-bond donors (Lipinski definition) is 1. The molecule has 0 saturated carbocycles. The number of carbonyl (C=O) groups is 3. The number of aryl methyl sites for hydroxylation is 1. The molecule has 3 aromatic rings. The van der Waals surface area contributed by atoms with Crippen molar-refractivity contribution in [2.45, 2.75) is 57.7 Å². The Morgan fingerprint density at radius 2 is 1.92 bits per heavy atom. The summed E-state index contributed by atoms with van der Waals surface area (Å²) in [6.07, 6.45) is 6.19. The van der Waals surface area contributed by atoms with Gasteiger partial charge in [-0.3, -0.25) is 24.6 Å². The van der Waals surface area contributed by atoms with Crippen molar-refractivity contribution in [2.24, 2.45) is 0 Å². The summed E-state index contributed by atoms with van der Waals surface area (Å²) in [4.78, 5) is 45.5. The Kier molecular flexibility index (Phi) is 5.59. The normalized spacial score (nSPS) is 21.3. The third kappa shape index (κ3) is 3.97. The molecule has 2 fully saturated rings. The molecule has 186 valence electrons. The van der Waals surface area contributed by atoms with E-state index in [0.29, 0.717) is 12.0 Å². The highest BCUT2D eigenvalue weighted by molar-refractivity contribution is 6.05. The lowest BCUT2D eigenvalue weighted by atomic mass is 9.85. The van der Waals surface area contributed by atoms with Crippen LogP contribution in [0.5, 0.6) is 0 Å². The first-order valence-corrected chi connectivity index (χ1v) is 12.5. The number of nitrogens with zero attached hydrogens (tertiary/aromatic N) is 4. The van der Waals surface area contributed by atoms with Crippen LogP contribution in [0.15, 0.2) is 36.7 Å². The lowest BCUT2D eigenvalue weighted by Gasteiger charge is -2.33. The highest BCUT2D eigenvalue weighted by Crippen LogP contribution is 2.38. The number of nitrogens with one attached hydrogen (secondary N) is 1. The Balaban J connectivity index is 1.17. The zero-order valence-electron chi connectivity index (χ0n) is 20.2. The van der Waals surface area contributed by atoms with Crippen LogP contribution in [-0.4, -0.2) is 56.0 Å². The number of benzene rings is 1. The fraction of sp³-hybridized carbons (Fsp3) is 0.407. The molecule has 36 heavy (non-hydrogen) atoms. The molecule has 3 aliphatic rings. The zero-order chi connectivity index (χ0) is 25.0. The van der Waals surface area contributed by atoms with Crippen LogP contribution in [0, 0.1) is 12.7 Å². The zero-order valence-corrected chi connectivity index (χ0v) is 20.2. The van der Waals surface area contributed by atoms with Crippen molar-refractivity contribution in [1.82, 2.24) is 24.5 Å². The number of likely N-dealkylation sites (tertiary alicyclic amines) is 1. The Bertz CT molecular complexity index is 1390. The molecule has 1 atom stereocenters. The van der Waals surface area contributed by atoms with E-state index in [1.54, 1.807) is 6.07 Å². The first-order chi connectivity index (χ1) is 17.4. The first-order valence-electron chi connectivity index (χ1n) is 12.5. The van der Waals surface area contributed by atoms with E-state index in [9.17, 15) is 18.8 Å². The minimum Gasteiger partial charge on any atom is -0.322 e. The molecule has 3 aliphatic heterocycles. The van der Waals surface area contributed by atoms with Crippen molar-refractivity contribution in [3.05, 3.63) is 70.4 Å². The predicted octanol–water partition coefficient (Wildman–Crippen LogP) is 2.92. The molecule has 0 bridgehead atoms. The maximum atomic E-state index is 14.6. The molecule has 2 saturated heterocycles. The van der Waals surface area contributed by atoms with Crippen LogP contribution < -0.4 is 5.32 Å². The Morgan fingerprint density at radius 3 is 2.69 bits per heavy atom. The summed E-state index contributed by atoms with van der Waals surface area (Å²) in [5.74, 6) is -1.39. The molecule has 0 radical (unpaired) electrons. The molecular formula is C27H28FN5O3. The van der Waals surface area contributed by atoms with Crippen LogP contribution in [-0.2, 0) is 22.7 Å². The summed E-state index contributed by atoms with van der Waals surface area (Å²) >= 11 is 0. The number of hydrogen-bond acceptors (Lipinski definition) is 5. The number of rotatable bonds is 4. The Hall–Kier alpha value is -3.59. The first kappa shape index (κ1) is 22.8. The summed E-state index contributed by atoms with van der Waals surface area (Å²) < 4.78 is 16.8. The minimum absolute atomic E-state index is 0.144. The van der Waals surface area contributed by atoms with E-state index in [0.717, 1.165) is 54.9 Å². The maximum absolute atomic E-state index is 14.6. The fourth-order valence-electron chi connectivity index (χ4n) is 5.90.